The maximum atomic E-state index is 13.1. The van der Waals surface area contributed by atoms with E-state index in [9.17, 15) is 4.79 Å². The zero-order valence-corrected chi connectivity index (χ0v) is 18.3. The largest absolute Gasteiger partial charge is 0.476 e. The van der Waals surface area contributed by atoms with Gasteiger partial charge in [0.25, 0.3) is 5.91 Å². The first-order valence-electron chi connectivity index (χ1n) is 10.7. The number of aryl methyl sites for hydroxylation is 2. The van der Waals surface area contributed by atoms with Crippen LogP contribution in [0.5, 0.6) is 5.88 Å². The lowest BCUT2D eigenvalue weighted by Gasteiger charge is -2.28. The van der Waals surface area contributed by atoms with Crippen LogP contribution in [0.3, 0.4) is 0 Å². The SMILES string of the molecule is CCCOc1nc2cc(C)c(C)cc2nc1C(=O)Nc1ccc(N2CCOCC2)cc1. The summed E-state index contributed by atoms with van der Waals surface area (Å²) >= 11 is 0. The van der Waals surface area contributed by atoms with E-state index >= 15 is 0 Å². The molecular weight excluding hydrogens is 392 g/mol. The van der Waals surface area contributed by atoms with Gasteiger partial charge in [-0.25, -0.2) is 9.97 Å². The van der Waals surface area contributed by atoms with Crippen molar-refractivity contribution < 1.29 is 14.3 Å². The fourth-order valence-electron chi connectivity index (χ4n) is 3.51. The molecule has 0 bridgehead atoms. The topological polar surface area (TPSA) is 76.6 Å². The highest BCUT2D eigenvalue weighted by molar-refractivity contribution is 6.05. The van der Waals surface area contributed by atoms with Crippen LogP contribution >= 0.6 is 0 Å². The second kappa shape index (κ2) is 9.31. The first-order valence-corrected chi connectivity index (χ1v) is 10.7. The number of carbonyl (C=O) groups is 1. The molecule has 1 saturated heterocycles. The van der Waals surface area contributed by atoms with Crippen LogP contribution in [0.15, 0.2) is 36.4 Å². The predicted molar refractivity (Wildman–Crippen MR) is 122 cm³/mol. The van der Waals surface area contributed by atoms with Gasteiger partial charge in [0.1, 0.15) is 0 Å². The molecule has 31 heavy (non-hydrogen) atoms. The lowest BCUT2D eigenvalue weighted by atomic mass is 10.1. The number of benzene rings is 2. The second-order valence-corrected chi connectivity index (χ2v) is 7.75. The van der Waals surface area contributed by atoms with Gasteiger partial charge in [-0.2, -0.15) is 0 Å². The van der Waals surface area contributed by atoms with Crippen LogP contribution in [0.2, 0.25) is 0 Å². The van der Waals surface area contributed by atoms with Crippen molar-refractivity contribution >= 4 is 28.3 Å². The van der Waals surface area contributed by atoms with E-state index in [4.69, 9.17) is 9.47 Å². The summed E-state index contributed by atoms with van der Waals surface area (Å²) in [7, 11) is 0. The van der Waals surface area contributed by atoms with Crippen LogP contribution in [0.25, 0.3) is 11.0 Å². The molecule has 0 spiro atoms. The molecule has 7 heteroatoms. The highest BCUT2D eigenvalue weighted by atomic mass is 16.5. The number of ether oxygens (including phenoxy) is 2. The Balaban J connectivity index is 1.58. The van der Waals surface area contributed by atoms with Crippen LogP contribution in [0, 0.1) is 13.8 Å². The van der Waals surface area contributed by atoms with E-state index in [-0.39, 0.29) is 17.5 Å². The molecule has 7 nitrogen and oxygen atoms in total. The Morgan fingerprint density at radius 3 is 2.35 bits per heavy atom. The molecule has 0 aliphatic carbocycles. The molecule has 3 aromatic rings. The van der Waals surface area contributed by atoms with Gasteiger partial charge in [-0.3, -0.25) is 4.79 Å². The van der Waals surface area contributed by atoms with Gasteiger partial charge >= 0.3 is 0 Å². The standard InChI is InChI=1S/C24H28N4O3/c1-4-11-31-24-22(26-20-14-16(2)17(3)15-21(20)27-24)23(29)25-18-5-7-19(8-6-18)28-9-12-30-13-10-28/h5-8,14-15H,4,9-13H2,1-3H3,(H,25,29). The number of fused-ring (bicyclic) bond motifs is 1. The average Bonchev–Trinajstić information content (AvgIpc) is 2.79. The molecule has 1 amide bonds. The minimum Gasteiger partial charge on any atom is -0.476 e. The molecule has 0 radical (unpaired) electrons. The van der Waals surface area contributed by atoms with Crippen molar-refractivity contribution in [1.29, 1.82) is 0 Å². The van der Waals surface area contributed by atoms with Gasteiger partial charge in [0, 0.05) is 24.5 Å². The van der Waals surface area contributed by atoms with Crippen molar-refractivity contribution in [2.75, 3.05) is 43.1 Å². The number of amides is 1. The van der Waals surface area contributed by atoms with E-state index in [1.54, 1.807) is 0 Å². The van der Waals surface area contributed by atoms with Crippen molar-refractivity contribution in [3.05, 3.63) is 53.2 Å². The fourth-order valence-corrected chi connectivity index (χ4v) is 3.51. The summed E-state index contributed by atoms with van der Waals surface area (Å²) in [6, 6.07) is 11.7. The number of rotatable bonds is 6. The molecule has 1 aliphatic heterocycles. The highest BCUT2D eigenvalue weighted by Crippen LogP contribution is 2.24. The average molecular weight is 421 g/mol. The Labute approximate surface area is 182 Å². The molecule has 4 rings (SSSR count). The molecule has 1 N–H and O–H groups in total. The van der Waals surface area contributed by atoms with Crippen LogP contribution in [-0.2, 0) is 4.74 Å². The number of aromatic nitrogens is 2. The summed E-state index contributed by atoms with van der Waals surface area (Å²) in [5.41, 5.74) is 5.65. The van der Waals surface area contributed by atoms with Crippen LogP contribution in [0.4, 0.5) is 11.4 Å². The number of hydrogen-bond acceptors (Lipinski definition) is 6. The minimum absolute atomic E-state index is 0.196. The first kappa shape index (κ1) is 21.1. The summed E-state index contributed by atoms with van der Waals surface area (Å²) in [4.78, 5) is 24.5. The highest BCUT2D eigenvalue weighted by Gasteiger charge is 2.19. The number of morpholine rings is 1. The lowest BCUT2D eigenvalue weighted by Crippen LogP contribution is -2.36. The third kappa shape index (κ3) is 4.77. The smallest absolute Gasteiger partial charge is 0.279 e. The van der Waals surface area contributed by atoms with Gasteiger partial charge in [-0.05, 0) is 67.8 Å². The van der Waals surface area contributed by atoms with E-state index in [0.717, 1.165) is 55.1 Å². The molecule has 162 valence electrons. The molecule has 0 unspecified atom stereocenters. The predicted octanol–water partition coefficient (Wildman–Crippen LogP) is 4.12. The van der Waals surface area contributed by atoms with Crippen molar-refractivity contribution in [3.8, 4) is 5.88 Å². The molecular formula is C24H28N4O3. The van der Waals surface area contributed by atoms with Crippen LogP contribution in [0.1, 0.15) is 35.0 Å². The van der Waals surface area contributed by atoms with Crippen molar-refractivity contribution in [2.24, 2.45) is 0 Å². The summed E-state index contributed by atoms with van der Waals surface area (Å²) < 4.78 is 11.2. The fraction of sp³-hybridized carbons (Fsp3) is 0.375. The minimum atomic E-state index is -0.335. The number of hydrogen-bond donors (Lipinski definition) is 1. The Morgan fingerprint density at radius 2 is 1.71 bits per heavy atom. The Hall–Kier alpha value is -3.19. The van der Waals surface area contributed by atoms with Crippen molar-refractivity contribution in [3.63, 3.8) is 0 Å². The molecule has 2 aromatic carbocycles. The lowest BCUT2D eigenvalue weighted by molar-refractivity contribution is 0.101. The van der Waals surface area contributed by atoms with Gasteiger partial charge < -0.3 is 19.7 Å². The monoisotopic (exact) mass is 420 g/mol. The molecule has 2 heterocycles. The maximum absolute atomic E-state index is 13.1. The number of nitrogens with one attached hydrogen (secondary N) is 1. The Morgan fingerprint density at radius 1 is 1.06 bits per heavy atom. The van der Waals surface area contributed by atoms with E-state index in [1.165, 1.54) is 0 Å². The summed E-state index contributed by atoms with van der Waals surface area (Å²) in [5, 5.41) is 2.93. The maximum Gasteiger partial charge on any atom is 0.279 e. The molecule has 0 atom stereocenters. The molecule has 1 fully saturated rings. The Bertz CT molecular complexity index is 1080. The first-order chi connectivity index (χ1) is 15.0. The number of carbonyl (C=O) groups excluding carboxylic acids is 1. The summed E-state index contributed by atoms with van der Waals surface area (Å²) in [5.74, 6) is -0.0714. The zero-order chi connectivity index (χ0) is 21.8. The molecule has 0 saturated carbocycles. The van der Waals surface area contributed by atoms with Gasteiger partial charge in [-0.15, -0.1) is 0 Å². The summed E-state index contributed by atoms with van der Waals surface area (Å²) in [6.07, 6.45) is 0.816. The number of nitrogens with zero attached hydrogens (tertiary/aromatic N) is 3. The van der Waals surface area contributed by atoms with E-state index in [2.05, 4.69) is 20.2 Å². The van der Waals surface area contributed by atoms with Crippen molar-refractivity contribution in [1.82, 2.24) is 9.97 Å². The van der Waals surface area contributed by atoms with E-state index in [0.29, 0.717) is 17.8 Å². The van der Waals surface area contributed by atoms with Crippen molar-refractivity contribution in [2.45, 2.75) is 27.2 Å². The van der Waals surface area contributed by atoms with Gasteiger partial charge in [-0.1, -0.05) is 6.92 Å². The van der Waals surface area contributed by atoms with Gasteiger partial charge in [0.05, 0.1) is 30.9 Å². The second-order valence-electron chi connectivity index (χ2n) is 7.75. The van der Waals surface area contributed by atoms with Crippen LogP contribution < -0.4 is 15.0 Å². The van der Waals surface area contributed by atoms with E-state index in [1.807, 2.05) is 57.2 Å². The molecule has 1 aromatic heterocycles. The zero-order valence-electron chi connectivity index (χ0n) is 18.3. The quantitative estimate of drug-likeness (QED) is 0.646. The summed E-state index contributed by atoms with van der Waals surface area (Å²) in [6.45, 7) is 9.75. The Kier molecular flexibility index (Phi) is 6.32. The number of anilines is 2. The normalized spacial score (nSPS) is 14.0. The molecule has 1 aliphatic rings. The van der Waals surface area contributed by atoms with Gasteiger partial charge in [0.2, 0.25) is 5.88 Å². The third-order valence-electron chi connectivity index (χ3n) is 5.41. The van der Waals surface area contributed by atoms with Crippen LogP contribution in [-0.4, -0.2) is 48.8 Å². The van der Waals surface area contributed by atoms with Gasteiger partial charge in [0.15, 0.2) is 5.69 Å². The third-order valence-corrected chi connectivity index (χ3v) is 5.41. The van der Waals surface area contributed by atoms with E-state index < -0.39 is 0 Å².